The third kappa shape index (κ3) is 2.79. The number of carbonyl (C=O) groups is 1. The molecule has 0 saturated carbocycles. The summed E-state index contributed by atoms with van der Waals surface area (Å²) in [6.07, 6.45) is 4.97. The second-order valence-corrected chi connectivity index (χ2v) is 6.96. The Kier molecular flexibility index (Phi) is 4.24. The van der Waals surface area contributed by atoms with Gasteiger partial charge in [-0.05, 0) is 30.8 Å². The molecule has 1 atom stereocenters. The van der Waals surface area contributed by atoms with Crippen LogP contribution in [0.15, 0.2) is 30.9 Å². The van der Waals surface area contributed by atoms with Gasteiger partial charge in [-0.25, -0.2) is 13.8 Å². The predicted molar refractivity (Wildman–Crippen MR) is 94.0 cm³/mol. The van der Waals surface area contributed by atoms with Crippen LogP contribution in [0.25, 0.3) is 0 Å². The highest BCUT2D eigenvalue weighted by Gasteiger charge is 2.32. The van der Waals surface area contributed by atoms with E-state index in [9.17, 15) is 13.6 Å². The lowest BCUT2D eigenvalue weighted by Crippen LogP contribution is -2.13. The second-order valence-electron chi connectivity index (χ2n) is 6.16. The molecular formula is C17H13ClF2N4OS. The number of carbonyl (C=O) groups excluding carboxylic acids is 1. The van der Waals surface area contributed by atoms with Crippen molar-refractivity contribution in [2.24, 2.45) is 0 Å². The van der Waals surface area contributed by atoms with E-state index < -0.39 is 17.6 Å². The van der Waals surface area contributed by atoms with Crippen molar-refractivity contribution in [3.63, 3.8) is 0 Å². The number of fused-ring (bicyclic) bond motifs is 1. The number of halogens is 3. The normalized spacial score (nSPS) is 16.0. The van der Waals surface area contributed by atoms with E-state index in [0.717, 1.165) is 5.69 Å². The van der Waals surface area contributed by atoms with Crippen LogP contribution >= 0.6 is 23.8 Å². The van der Waals surface area contributed by atoms with Gasteiger partial charge >= 0.3 is 0 Å². The summed E-state index contributed by atoms with van der Waals surface area (Å²) >= 11 is 11.1. The Balaban J connectivity index is 1.65. The molecule has 0 amide bonds. The number of nitrogens with one attached hydrogen (secondary N) is 1. The number of aromatic amines is 1. The molecule has 0 radical (unpaired) electrons. The first-order valence-electron chi connectivity index (χ1n) is 7.90. The minimum Gasteiger partial charge on any atom is -0.334 e. The molecule has 26 heavy (non-hydrogen) atoms. The second kappa shape index (κ2) is 6.44. The molecule has 9 heteroatoms. The summed E-state index contributed by atoms with van der Waals surface area (Å²) in [6.45, 7) is 0.331. The largest absolute Gasteiger partial charge is 0.334 e. The molecule has 1 aromatic carbocycles. The summed E-state index contributed by atoms with van der Waals surface area (Å²) in [5.41, 5.74) is 1.40. The lowest BCUT2D eigenvalue weighted by molar-refractivity contribution is 0.0912. The average molecular weight is 395 g/mol. The van der Waals surface area contributed by atoms with Crippen LogP contribution in [0.5, 0.6) is 0 Å². The highest BCUT2D eigenvalue weighted by atomic mass is 35.5. The summed E-state index contributed by atoms with van der Waals surface area (Å²) in [7, 11) is 0. The van der Waals surface area contributed by atoms with Crippen molar-refractivity contribution in [3.05, 3.63) is 69.2 Å². The maximum absolute atomic E-state index is 14.4. The number of hydrogen-bond acceptors (Lipinski definition) is 3. The summed E-state index contributed by atoms with van der Waals surface area (Å²) in [5.74, 6) is -1.98. The van der Waals surface area contributed by atoms with E-state index in [4.69, 9.17) is 23.8 Å². The van der Waals surface area contributed by atoms with Crippen molar-refractivity contribution in [2.45, 2.75) is 25.3 Å². The van der Waals surface area contributed by atoms with E-state index in [0.29, 0.717) is 23.4 Å². The Hall–Kier alpha value is -2.32. The molecule has 134 valence electrons. The maximum atomic E-state index is 14.4. The van der Waals surface area contributed by atoms with E-state index >= 15 is 0 Å². The zero-order valence-corrected chi connectivity index (χ0v) is 14.9. The van der Waals surface area contributed by atoms with Crippen LogP contribution in [0.3, 0.4) is 0 Å². The molecule has 1 aliphatic rings. The highest BCUT2D eigenvalue weighted by Crippen LogP contribution is 2.36. The summed E-state index contributed by atoms with van der Waals surface area (Å²) in [6, 6.07) is 2.37. The van der Waals surface area contributed by atoms with Crippen LogP contribution in [0.2, 0.25) is 5.02 Å². The van der Waals surface area contributed by atoms with Crippen molar-refractivity contribution in [1.82, 2.24) is 19.1 Å². The van der Waals surface area contributed by atoms with Crippen LogP contribution in [0, 0.1) is 16.4 Å². The molecule has 0 spiro atoms. The van der Waals surface area contributed by atoms with Gasteiger partial charge in [-0.15, -0.1) is 0 Å². The monoisotopic (exact) mass is 394 g/mol. The van der Waals surface area contributed by atoms with Crippen molar-refractivity contribution in [3.8, 4) is 0 Å². The van der Waals surface area contributed by atoms with Gasteiger partial charge in [-0.1, -0.05) is 11.6 Å². The molecule has 0 bridgehead atoms. The third-order valence-corrected chi connectivity index (χ3v) is 5.24. The van der Waals surface area contributed by atoms with E-state index in [1.807, 2.05) is 0 Å². The molecule has 1 N–H and O–H groups in total. The number of rotatable bonds is 3. The first-order chi connectivity index (χ1) is 12.5. The number of aromatic nitrogens is 4. The van der Waals surface area contributed by atoms with E-state index in [1.54, 1.807) is 10.8 Å². The molecule has 3 heterocycles. The van der Waals surface area contributed by atoms with Gasteiger partial charge in [0.2, 0.25) is 5.91 Å². The Labute approximate surface area is 157 Å². The SMILES string of the molecule is O=C(Cc1[nH]c(=S)n2c1C[C@@H](c1c(F)ccc(Cl)c1F)C2)n1ccnc1. The Morgan fingerprint density at radius 1 is 1.42 bits per heavy atom. The average Bonchev–Trinajstić information content (AvgIpc) is 3.31. The minimum atomic E-state index is -0.742. The van der Waals surface area contributed by atoms with Gasteiger partial charge < -0.3 is 9.55 Å². The van der Waals surface area contributed by atoms with Crippen molar-refractivity contribution in [1.29, 1.82) is 0 Å². The number of nitrogens with zero attached hydrogens (tertiary/aromatic N) is 3. The molecule has 0 aliphatic carbocycles. The molecule has 3 aromatic rings. The van der Waals surface area contributed by atoms with Gasteiger partial charge in [0.05, 0.1) is 11.4 Å². The van der Waals surface area contributed by atoms with Gasteiger partial charge in [-0.2, -0.15) is 0 Å². The van der Waals surface area contributed by atoms with Crippen LogP contribution in [-0.2, 0) is 19.4 Å². The predicted octanol–water partition coefficient (Wildman–Crippen LogP) is 3.90. The van der Waals surface area contributed by atoms with Crippen molar-refractivity contribution >= 4 is 29.7 Å². The van der Waals surface area contributed by atoms with Crippen molar-refractivity contribution < 1.29 is 13.6 Å². The van der Waals surface area contributed by atoms with E-state index in [2.05, 4.69) is 9.97 Å². The summed E-state index contributed by atoms with van der Waals surface area (Å²) < 4.78 is 32.2. The van der Waals surface area contributed by atoms with Gasteiger partial charge in [0.25, 0.3) is 0 Å². The molecule has 0 saturated heterocycles. The Morgan fingerprint density at radius 2 is 2.23 bits per heavy atom. The maximum Gasteiger partial charge on any atom is 0.237 e. The standard InChI is InChI=1S/C17H13ClF2N4OS/c18-10-1-2-11(19)15(16(10)20)9-5-13-12(22-17(26)24(13)7-9)6-14(25)23-4-3-21-8-23/h1-4,8-9H,5-7H2,(H,22,26)/t9-/m1/s1. The number of H-pyrrole nitrogens is 1. The fraction of sp³-hybridized carbons (Fsp3) is 0.235. The fourth-order valence-corrected chi connectivity index (χ4v) is 3.88. The number of hydrogen-bond donors (Lipinski definition) is 1. The summed E-state index contributed by atoms with van der Waals surface area (Å²) in [5, 5.41) is -0.112. The zero-order valence-electron chi connectivity index (χ0n) is 13.4. The van der Waals surface area contributed by atoms with E-state index in [-0.39, 0.29) is 22.9 Å². The van der Waals surface area contributed by atoms with Crippen LogP contribution < -0.4 is 0 Å². The number of benzene rings is 1. The van der Waals surface area contributed by atoms with Gasteiger partial charge in [0.1, 0.15) is 18.0 Å². The number of imidazole rings is 2. The van der Waals surface area contributed by atoms with Crippen LogP contribution in [0.4, 0.5) is 8.78 Å². The smallest absolute Gasteiger partial charge is 0.237 e. The van der Waals surface area contributed by atoms with Crippen molar-refractivity contribution in [2.75, 3.05) is 0 Å². The van der Waals surface area contributed by atoms with Gasteiger partial charge in [0, 0.05) is 41.8 Å². The Bertz CT molecular complexity index is 1060. The molecular weight excluding hydrogens is 382 g/mol. The molecule has 5 nitrogen and oxygen atoms in total. The van der Waals surface area contributed by atoms with Crippen LogP contribution in [-0.4, -0.2) is 25.0 Å². The Morgan fingerprint density at radius 3 is 2.96 bits per heavy atom. The first kappa shape index (κ1) is 17.1. The first-order valence-corrected chi connectivity index (χ1v) is 8.69. The molecule has 2 aromatic heterocycles. The molecule has 0 fully saturated rings. The topological polar surface area (TPSA) is 55.6 Å². The molecule has 0 unspecified atom stereocenters. The molecule has 1 aliphatic heterocycles. The lowest BCUT2D eigenvalue weighted by Gasteiger charge is -2.13. The summed E-state index contributed by atoms with van der Waals surface area (Å²) in [4.78, 5) is 19.2. The van der Waals surface area contributed by atoms with Crippen LogP contribution in [0.1, 0.15) is 27.7 Å². The minimum absolute atomic E-state index is 0.0394. The fourth-order valence-electron chi connectivity index (χ4n) is 3.40. The highest BCUT2D eigenvalue weighted by molar-refractivity contribution is 7.71. The zero-order chi connectivity index (χ0) is 18.4. The van der Waals surface area contributed by atoms with Gasteiger partial charge in [-0.3, -0.25) is 9.36 Å². The quantitative estimate of drug-likeness (QED) is 0.541. The van der Waals surface area contributed by atoms with Gasteiger partial charge in [0.15, 0.2) is 4.77 Å². The van der Waals surface area contributed by atoms with E-state index in [1.165, 1.54) is 29.2 Å². The third-order valence-electron chi connectivity index (χ3n) is 4.63. The molecule has 4 rings (SSSR count). The lowest BCUT2D eigenvalue weighted by atomic mass is 9.95.